The second-order valence-corrected chi connectivity index (χ2v) is 7.42. The topological polar surface area (TPSA) is 95.1 Å². The molecule has 0 aromatic carbocycles. The number of halogens is 1. The number of hydrogen-bond acceptors (Lipinski definition) is 5. The second kappa shape index (κ2) is 6.06. The van der Waals surface area contributed by atoms with Crippen molar-refractivity contribution in [1.29, 1.82) is 0 Å². The van der Waals surface area contributed by atoms with Gasteiger partial charge in [-0.15, -0.1) is 35.3 Å². The summed E-state index contributed by atoms with van der Waals surface area (Å²) in [7, 11) is 0. The van der Waals surface area contributed by atoms with Crippen LogP contribution in [0.3, 0.4) is 0 Å². The molecule has 0 spiro atoms. The fourth-order valence-electron chi connectivity index (χ4n) is 3.82. The van der Waals surface area contributed by atoms with E-state index in [0.717, 1.165) is 21.2 Å². The highest BCUT2D eigenvalue weighted by atomic mass is 127. The first-order valence-electron chi connectivity index (χ1n) is 7.74. The van der Waals surface area contributed by atoms with Crippen LogP contribution in [0.2, 0.25) is 0 Å². The van der Waals surface area contributed by atoms with E-state index in [2.05, 4.69) is 4.98 Å². The number of imidazole rings is 1. The SMILES string of the molecule is Cc1nc(C)n2cc(C3=C(C(=O)O)N4C(=O)[C@H]([C@@H](C)O)[C@H]4C3)sc12.I. The van der Waals surface area contributed by atoms with Crippen LogP contribution in [0.1, 0.15) is 29.7 Å². The molecule has 4 rings (SSSR count). The summed E-state index contributed by atoms with van der Waals surface area (Å²) in [5, 5.41) is 19.4. The van der Waals surface area contributed by atoms with E-state index < -0.39 is 18.0 Å². The molecule has 134 valence electrons. The molecule has 0 unspecified atom stereocenters. The number of nitrogens with zero attached hydrogens (tertiary/aromatic N) is 3. The Morgan fingerprint density at radius 1 is 1.44 bits per heavy atom. The summed E-state index contributed by atoms with van der Waals surface area (Å²) in [4.78, 5) is 31.6. The van der Waals surface area contributed by atoms with Gasteiger partial charge in [0.15, 0.2) is 0 Å². The highest BCUT2D eigenvalue weighted by molar-refractivity contribution is 14.0. The Labute approximate surface area is 165 Å². The van der Waals surface area contributed by atoms with Gasteiger partial charge in [0.2, 0.25) is 5.91 Å². The Balaban J connectivity index is 0.00000182. The first-order valence-corrected chi connectivity index (χ1v) is 8.56. The van der Waals surface area contributed by atoms with Crippen molar-refractivity contribution < 1.29 is 19.8 Å². The summed E-state index contributed by atoms with van der Waals surface area (Å²) >= 11 is 1.48. The zero-order valence-electron chi connectivity index (χ0n) is 13.9. The van der Waals surface area contributed by atoms with E-state index in [-0.39, 0.29) is 41.6 Å². The lowest BCUT2D eigenvalue weighted by molar-refractivity contribution is -0.161. The van der Waals surface area contributed by atoms with Crippen LogP contribution in [-0.4, -0.2) is 48.5 Å². The Hall–Kier alpha value is -1.46. The molecule has 7 nitrogen and oxygen atoms in total. The van der Waals surface area contributed by atoms with Crippen LogP contribution in [0.4, 0.5) is 0 Å². The fourth-order valence-corrected chi connectivity index (χ4v) is 4.96. The molecule has 0 radical (unpaired) electrons. The summed E-state index contributed by atoms with van der Waals surface area (Å²) in [6.07, 6.45) is 1.57. The minimum Gasteiger partial charge on any atom is -0.477 e. The van der Waals surface area contributed by atoms with Crippen LogP contribution >= 0.6 is 35.3 Å². The number of aromatic nitrogens is 2. The predicted octanol–water partition coefficient (Wildman–Crippen LogP) is 2.04. The minimum atomic E-state index is -1.10. The number of hydrogen-bond donors (Lipinski definition) is 2. The molecule has 25 heavy (non-hydrogen) atoms. The molecule has 4 heterocycles. The maximum atomic E-state index is 12.3. The van der Waals surface area contributed by atoms with Gasteiger partial charge in [0.1, 0.15) is 16.4 Å². The summed E-state index contributed by atoms with van der Waals surface area (Å²) < 4.78 is 1.95. The molecule has 2 aliphatic heterocycles. The fraction of sp³-hybridized carbons (Fsp3) is 0.438. The monoisotopic (exact) mass is 475 g/mol. The summed E-state index contributed by atoms with van der Waals surface area (Å²) in [5.74, 6) is -1.08. The molecule has 2 aromatic heterocycles. The van der Waals surface area contributed by atoms with Gasteiger partial charge in [0.05, 0.1) is 28.6 Å². The molecule has 0 saturated carbocycles. The molecule has 1 saturated heterocycles. The van der Waals surface area contributed by atoms with E-state index in [1.54, 1.807) is 6.92 Å². The number of fused-ring (bicyclic) bond motifs is 2. The van der Waals surface area contributed by atoms with Gasteiger partial charge in [-0.05, 0) is 27.2 Å². The zero-order chi connectivity index (χ0) is 17.3. The van der Waals surface area contributed by atoms with Crippen molar-refractivity contribution in [2.45, 2.75) is 39.3 Å². The number of aliphatic hydroxyl groups is 1. The Bertz CT molecular complexity index is 895. The lowest BCUT2D eigenvalue weighted by atomic mass is 9.83. The van der Waals surface area contributed by atoms with Crippen molar-refractivity contribution in [3.63, 3.8) is 0 Å². The summed E-state index contributed by atoms with van der Waals surface area (Å²) in [5.41, 5.74) is 1.62. The van der Waals surface area contributed by atoms with Crippen LogP contribution in [0.5, 0.6) is 0 Å². The average molecular weight is 475 g/mol. The Kier molecular flexibility index (Phi) is 4.44. The minimum absolute atomic E-state index is 0. The van der Waals surface area contributed by atoms with Gasteiger partial charge in [-0.1, -0.05) is 0 Å². The number of carbonyl (C=O) groups is 2. The number of carbonyl (C=O) groups excluding carboxylic acids is 1. The normalized spacial score (nSPS) is 23.5. The molecule has 1 amide bonds. The first kappa shape index (κ1) is 18.3. The molecule has 2 aromatic rings. The lowest BCUT2D eigenvalue weighted by Gasteiger charge is -2.44. The lowest BCUT2D eigenvalue weighted by Crippen LogP contribution is -2.61. The third-order valence-electron chi connectivity index (χ3n) is 4.89. The molecule has 1 fully saturated rings. The molecule has 3 atom stereocenters. The number of carboxylic acids is 1. The van der Waals surface area contributed by atoms with Crippen LogP contribution < -0.4 is 0 Å². The van der Waals surface area contributed by atoms with E-state index in [1.165, 1.54) is 16.2 Å². The number of carboxylic acid groups (broad SMARTS) is 1. The van der Waals surface area contributed by atoms with Crippen molar-refractivity contribution in [2.24, 2.45) is 5.92 Å². The second-order valence-electron chi connectivity index (χ2n) is 6.39. The van der Waals surface area contributed by atoms with Gasteiger partial charge in [-0.3, -0.25) is 9.20 Å². The number of aliphatic carboxylic acids is 1. The average Bonchev–Trinajstić information content (AvgIpc) is 3.11. The van der Waals surface area contributed by atoms with E-state index in [4.69, 9.17) is 0 Å². The quantitative estimate of drug-likeness (QED) is 0.524. The van der Waals surface area contributed by atoms with E-state index in [1.807, 2.05) is 24.4 Å². The molecule has 2 aliphatic rings. The van der Waals surface area contributed by atoms with E-state index >= 15 is 0 Å². The van der Waals surface area contributed by atoms with Crippen LogP contribution in [-0.2, 0) is 9.59 Å². The van der Waals surface area contributed by atoms with Gasteiger partial charge in [-0.25, -0.2) is 9.78 Å². The molecular weight excluding hydrogens is 457 g/mol. The van der Waals surface area contributed by atoms with Gasteiger partial charge >= 0.3 is 5.97 Å². The molecule has 0 aliphatic carbocycles. The van der Waals surface area contributed by atoms with Crippen molar-refractivity contribution in [3.05, 3.63) is 28.3 Å². The number of aliphatic hydroxyl groups excluding tert-OH is 1. The van der Waals surface area contributed by atoms with Gasteiger partial charge in [0, 0.05) is 11.8 Å². The van der Waals surface area contributed by atoms with Gasteiger partial charge in [-0.2, -0.15) is 0 Å². The van der Waals surface area contributed by atoms with Crippen molar-refractivity contribution >= 4 is 57.6 Å². The van der Waals surface area contributed by atoms with Crippen LogP contribution in [0.15, 0.2) is 11.9 Å². The van der Waals surface area contributed by atoms with E-state index in [0.29, 0.717) is 12.0 Å². The van der Waals surface area contributed by atoms with Gasteiger partial charge < -0.3 is 15.1 Å². The third-order valence-corrected chi connectivity index (χ3v) is 6.15. The number of aryl methyl sites for hydroxylation is 2. The smallest absolute Gasteiger partial charge is 0.352 e. The van der Waals surface area contributed by atoms with Crippen LogP contribution in [0.25, 0.3) is 10.4 Å². The predicted molar refractivity (Wildman–Crippen MR) is 103 cm³/mol. The van der Waals surface area contributed by atoms with Crippen molar-refractivity contribution in [3.8, 4) is 0 Å². The number of rotatable bonds is 3. The highest BCUT2D eigenvalue weighted by Crippen LogP contribution is 2.48. The molecule has 9 heteroatoms. The highest BCUT2D eigenvalue weighted by Gasteiger charge is 2.56. The van der Waals surface area contributed by atoms with Crippen molar-refractivity contribution in [2.75, 3.05) is 0 Å². The number of thiazole rings is 1. The molecule has 0 bridgehead atoms. The number of amides is 1. The zero-order valence-corrected chi connectivity index (χ0v) is 17.0. The molecular formula is C16H18IN3O4S. The maximum Gasteiger partial charge on any atom is 0.352 e. The first-order chi connectivity index (χ1) is 11.3. The third kappa shape index (κ3) is 2.43. The van der Waals surface area contributed by atoms with Gasteiger partial charge in [0.25, 0.3) is 0 Å². The van der Waals surface area contributed by atoms with Crippen LogP contribution in [0, 0.1) is 19.8 Å². The largest absolute Gasteiger partial charge is 0.477 e. The Morgan fingerprint density at radius 2 is 2.12 bits per heavy atom. The Morgan fingerprint density at radius 3 is 2.68 bits per heavy atom. The standard InChI is InChI=1S/C16H17N3O4S.HI/c1-6-15-18(8(3)17-6)5-11(24-15)9-4-10-12(7(2)20)14(21)19(10)13(9)16(22)23;/h5,7,10,12,20H,4H2,1-3H3,(H,22,23);1H/t7-,10-,12-;/m1./s1. The summed E-state index contributed by atoms with van der Waals surface area (Å²) in [6, 6.07) is -0.264. The molecule has 2 N–H and O–H groups in total. The van der Waals surface area contributed by atoms with Crippen molar-refractivity contribution in [1.82, 2.24) is 14.3 Å². The maximum absolute atomic E-state index is 12.3. The number of β-lactam (4-membered cyclic amide) rings is 1. The summed E-state index contributed by atoms with van der Waals surface area (Å²) in [6.45, 7) is 5.40. The van der Waals surface area contributed by atoms with E-state index in [9.17, 15) is 19.8 Å².